The summed E-state index contributed by atoms with van der Waals surface area (Å²) >= 11 is 1.63. The monoisotopic (exact) mass is 298 g/mol. The van der Waals surface area contributed by atoms with Crippen molar-refractivity contribution < 1.29 is 4.79 Å². The van der Waals surface area contributed by atoms with Crippen molar-refractivity contribution in [1.29, 1.82) is 0 Å². The van der Waals surface area contributed by atoms with Gasteiger partial charge in [-0.15, -0.1) is 11.3 Å². The first kappa shape index (κ1) is 13.5. The molecule has 0 aliphatic rings. The third kappa shape index (κ3) is 2.85. The van der Waals surface area contributed by atoms with Gasteiger partial charge in [-0.3, -0.25) is 4.79 Å². The van der Waals surface area contributed by atoms with Crippen molar-refractivity contribution in [2.75, 3.05) is 5.32 Å². The van der Waals surface area contributed by atoms with Crippen LogP contribution in [0.3, 0.4) is 0 Å². The molecule has 21 heavy (non-hydrogen) atoms. The second-order valence-electron chi connectivity index (χ2n) is 4.67. The number of carbonyl (C=O) groups excluding carboxylic acids is 1. The lowest BCUT2D eigenvalue weighted by Crippen LogP contribution is -2.12. The summed E-state index contributed by atoms with van der Waals surface area (Å²) in [5, 5.41) is 6.97. The van der Waals surface area contributed by atoms with Crippen LogP contribution in [0.2, 0.25) is 0 Å². The number of amides is 1. The highest BCUT2D eigenvalue weighted by molar-refractivity contribution is 7.12. The average molecular weight is 298 g/mol. The molecule has 0 fully saturated rings. The molecule has 0 spiro atoms. The van der Waals surface area contributed by atoms with E-state index in [2.05, 4.69) is 15.4 Å². The Morgan fingerprint density at radius 3 is 2.57 bits per heavy atom. The van der Waals surface area contributed by atoms with Crippen molar-refractivity contribution in [2.24, 2.45) is 0 Å². The Balaban J connectivity index is 1.76. The van der Waals surface area contributed by atoms with E-state index in [9.17, 15) is 4.79 Å². The number of aryl methyl sites for hydroxylation is 2. The molecule has 5 nitrogen and oxygen atoms in total. The Bertz CT molecular complexity index is 760. The van der Waals surface area contributed by atoms with Crippen LogP contribution in [0.4, 0.5) is 5.69 Å². The molecule has 106 valence electrons. The Labute approximate surface area is 126 Å². The topological polar surface area (TPSA) is 59.8 Å². The van der Waals surface area contributed by atoms with Gasteiger partial charge in [-0.05, 0) is 44.2 Å². The minimum absolute atomic E-state index is 0.0784. The molecule has 0 unspecified atom stereocenters. The number of nitrogens with zero attached hydrogens (tertiary/aromatic N) is 3. The van der Waals surface area contributed by atoms with Crippen LogP contribution in [0.25, 0.3) is 5.69 Å². The maximum absolute atomic E-state index is 12.2. The highest BCUT2D eigenvalue weighted by Gasteiger charge is 2.12. The number of nitrogens with one attached hydrogen (secondary N) is 1. The van der Waals surface area contributed by atoms with E-state index < -0.39 is 0 Å². The van der Waals surface area contributed by atoms with Gasteiger partial charge in [0, 0.05) is 15.4 Å². The fourth-order valence-electron chi connectivity index (χ4n) is 2.09. The molecular weight excluding hydrogens is 284 g/mol. The Kier molecular flexibility index (Phi) is 3.53. The van der Waals surface area contributed by atoms with Crippen LogP contribution in [-0.4, -0.2) is 20.7 Å². The molecule has 0 atom stereocenters. The second kappa shape index (κ2) is 5.49. The molecule has 0 bridgehead atoms. The SMILES string of the molecule is Cc1cc(C(=O)Nc2ccc(-n3cncn3)cc2)c(C)s1. The van der Waals surface area contributed by atoms with Gasteiger partial charge in [0.15, 0.2) is 0 Å². The first-order chi connectivity index (χ1) is 10.1. The lowest BCUT2D eigenvalue weighted by Gasteiger charge is -2.06. The normalized spacial score (nSPS) is 10.6. The third-order valence-electron chi connectivity index (χ3n) is 3.09. The van der Waals surface area contributed by atoms with E-state index in [0.717, 1.165) is 26.7 Å². The number of aromatic nitrogens is 3. The van der Waals surface area contributed by atoms with E-state index in [1.54, 1.807) is 22.3 Å². The Morgan fingerprint density at radius 2 is 2.00 bits per heavy atom. The van der Waals surface area contributed by atoms with Crippen molar-refractivity contribution in [2.45, 2.75) is 13.8 Å². The summed E-state index contributed by atoms with van der Waals surface area (Å²) in [5.74, 6) is -0.0784. The van der Waals surface area contributed by atoms with Gasteiger partial charge in [0.05, 0.1) is 11.3 Å². The van der Waals surface area contributed by atoms with Gasteiger partial charge in [-0.25, -0.2) is 9.67 Å². The Hall–Kier alpha value is -2.47. The molecule has 0 radical (unpaired) electrons. The first-order valence-electron chi connectivity index (χ1n) is 6.47. The molecule has 1 aromatic carbocycles. The predicted molar refractivity (Wildman–Crippen MR) is 83.1 cm³/mol. The number of hydrogen-bond acceptors (Lipinski definition) is 4. The number of thiophene rings is 1. The highest BCUT2D eigenvalue weighted by Crippen LogP contribution is 2.22. The van der Waals surface area contributed by atoms with Crippen molar-refractivity contribution in [3.63, 3.8) is 0 Å². The summed E-state index contributed by atoms with van der Waals surface area (Å²) in [5.41, 5.74) is 2.39. The second-order valence-corrected chi connectivity index (χ2v) is 6.13. The molecule has 3 aromatic rings. The van der Waals surface area contributed by atoms with Gasteiger partial charge < -0.3 is 5.32 Å². The van der Waals surface area contributed by atoms with Crippen LogP contribution >= 0.6 is 11.3 Å². The van der Waals surface area contributed by atoms with Gasteiger partial charge in [-0.2, -0.15) is 5.10 Å². The molecule has 0 aliphatic carbocycles. The van der Waals surface area contributed by atoms with Gasteiger partial charge in [0.1, 0.15) is 12.7 Å². The fraction of sp³-hybridized carbons (Fsp3) is 0.133. The maximum Gasteiger partial charge on any atom is 0.256 e. The van der Waals surface area contributed by atoms with Gasteiger partial charge in [0.25, 0.3) is 5.91 Å². The summed E-state index contributed by atoms with van der Waals surface area (Å²) < 4.78 is 1.66. The molecule has 0 saturated heterocycles. The summed E-state index contributed by atoms with van der Waals surface area (Å²) in [6.45, 7) is 3.96. The van der Waals surface area contributed by atoms with Crippen LogP contribution in [0.5, 0.6) is 0 Å². The molecule has 0 saturated carbocycles. The van der Waals surface area contributed by atoms with Crippen molar-refractivity contribution in [3.8, 4) is 5.69 Å². The van der Waals surface area contributed by atoms with E-state index in [4.69, 9.17) is 0 Å². The van der Waals surface area contributed by atoms with Crippen LogP contribution in [0, 0.1) is 13.8 Å². The number of rotatable bonds is 3. The van der Waals surface area contributed by atoms with E-state index in [1.807, 2.05) is 44.2 Å². The molecule has 6 heteroatoms. The van der Waals surface area contributed by atoms with Gasteiger partial charge in [0.2, 0.25) is 0 Å². The zero-order valence-electron chi connectivity index (χ0n) is 11.7. The zero-order chi connectivity index (χ0) is 14.8. The number of benzene rings is 1. The summed E-state index contributed by atoms with van der Waals surface area (Å²) in [4.78, 5) is 18.3. The number of anilines is 1. The van der Waals surface area contributed by atoms with Crippen molar-refractivity contribution in [1.82, 2.24) is 14.8 Å². The summed E-state index contributed by atoms with van der Waals surface area (Å²) in [6, 6.07) is 9.39. The fourth-order valence-corrected chi connectivity index (χ4v) is 3.02. The lowest BCUT2D eigenvalue weighted by molar-refractivity contribution is 0.102. The van der Waals surface area contributed by atoms with E-state index in [1.165, 1.54) is 6.33 Å². The van der Waals surface area contributed by atoms with E-state index >= 15 is 0 Å². The minimum atomic E-state index is -0.0784. The molecule has 2 heterocycles. The molecule has 3 rings (SSSR count). The Morgan fingerprint density at radius 1 is 1.24 bits per heavy atom. The quantitative estimate of drug-likeness (QED) is 0.807. The average Bonchev–Trinajstić information content (AvgIpc) is 3.09. The zero-order valence-corrected chi connectivity index (χ0v) is 12.5. The van der Waals surface area contributed by atoms with Crippen LogP contribution in [0.15, 0.2) is 43.0 Å². The summed E-state index contributed by atoms with van der Waals surface area (Å²) in [7, 11) is 0. The number of hydrogen-bond donors (Lipinski definition) is 1. The molecule has 0 aliphatic heterocycles. The number of carbonyl (C=O) groups is 1. The minimum Gasteiger partial charge on any atom is -0.322 e. The smallest absolute Gasteiger partial charge is 0.256 e. The molecule has 2 aromatic heterocycles. The standard InChI is InChI=1S/C15H14N4OS/c1-10-7-14(11(2)21-10)15(20)18-12-3-5-13(6-4-12)19-9-16-8-17-19/h3-9H,1-2H3,(H,18,20). The molecule has 1 N–H and O–H groups in total. The predicted octanol–water partition coefficient (Wildman–Crippen LogP) is 3.20. The van der Waals surface area contributed by atoms with Crippen LogP contribution in [0.1, 0.15) is 20.1 Å². The van der Waals surface area contributed by atoms with Crippen molar-refractivity contribution in [3.05, 3.63) is 58.3 Å². The first-order valence-corrected chi connectivity index (χ1v) is 7.28. The van der Waals surface area contributed by atoms with Crippen LogP contribution in [-0.2, 0) is 0 Å². The highest BCUT2D eigenvalue weighted by atomic mass is 32.1. The largest absolute Gasteiger partial charge is 0.322 e. The third-order valence-corrected chi connectivity index (χ3v) is 4.06. The summed E-state index contributed by atoms with van der Waals surface area (Å²) in [6.07, 6.45) is 3.11. The van der Waals surface area contributed by atoms with E-state index in [0.29, 0.717) is 0 Å². The molecular formula is C15H14N4OS. The maximum atomic E-state index is 12.2. The van der Waals surface area contributed by atoms with E-state index in [-0.39, 0.29) is 5.91 Å². The lowest BCUT2D eigenvalue weighted by atomic mass is 10.2. The van der Waals surface area contributed by atoms with Crippen molar-refractivity contribution >= 4 is 22.9 Å². The van der Waals surface area contributed by atoms with Crippen LogP contribution < -0.4 is 5.32 Å². The molecule has 1 amide bonds. The van der Waals surface area contributed by atoms with Gasteiger partial charge in [-0.1, -0.05) is 0 Å². The van der Waals surface area contributed by atoms with Gasteiger partial charge >= 0.3 is 0 Å².